The number of nitrogens with two attached hydrogens (primary N) is 1. The van der Waals surface area contributed by atoms with E-state index in [0.29, 0.717) is 16.1 Å². The molecule has 0 saturated heterocycles. The molecule has 0 fully saturated rings. The van der Waals surface area contributed by atoms with E-state index >= 15 is 0 Å². The van der Waals surface area contributed by atoms with Gasteiger partial charge in [-0.1, -0.05) is 24.6 Å². The molecule has 1 aromatic carbocycles. The fourth-order valence-electron chi connectivity index (χ4n) is 3.09. The number of carbonyl (C=O) groups is 2. The van der Waals surface area contributed by atoms with Crippen LogP contribution in [0.25, 0.3) is 0 Å². The molecule has 1 aromatic heterocycles. The topological polar surface area (TPSA) is 72.2 Å². The monoisotopic (exact) mass is 328 g/mol. The molecule has 0 spiro atoms. The van der Waals surface area contributed by atoms with E-state index in [1.165, 1.54) is 22.6 Å². The normalized spacial score (nSPS) is 14.0. The quantitative estimate of drug-likeness (QED) is 0.844. The average Bonchev–Trinajstić information content (AvgIpc) is 2.69. The Bertz CT molecular complexity index is 764. The Morgan fingerprint density at radius 1 is 1.13 bits per heavy atom. The minimum absolute atomic E-state index is 0.193. The van der Waals surface area contributed by atoms with Gasteiger partial charge >= 0.3 is 0 Å². The van der Waals surface area contributed by atoms with Crippen LogP contribution in [-0.4, -0.2) is 11.8 Å². The summed E-state index contributed by atoms with van der Waals surface area (Å²) in [7, 11) is 0. The van der Waals surface area contributed by atoms with Crippen LogP contribution >= 0.6 is 11.3 Å². The van der Waals surface area contributed by atoms with Crippen molar-refractivity contribution >= 4 is 28.2 Å². The first-order chi connectivity index (χ1) is 11.1. The number of hydrogen-bond donors (Lipinski definition) is 2. The highest BCUT2D eigenvalue weighted by atomic mass is 32.1. The number of rotatable bonds is 3. The molecule has 1 aliphatic carbocycles. The zero-order valence-corrected chi connectivity index (χ0v) is 14.0. The highest BCUT2D eigenvalue weighted by Gasteiger charge is 2.24. The minimum Gasteiger partial charge on any atom is -0.365 e. The van der Waals surface area contributed by atoms with E-state index in [2.05, 4.69) is 5.32 Å². The minimum atomic E-state index is -0.454. The fourth-order valence-corrected chi connectivity index (χ4v) is 4.38. The molecule has 0 saturated carbocycles. The van der Waals surface area contributed by atoms with Crippen molar-refractivity contribution in [3.05, 3.63) is 51.4 Å². The van der Waals surface area contributed by atoms with Crippen LogP contribution in [-0.2, 0) is 12.8 Å². The summed E-state index contributed by atoms with van der Waals surface area (Å²) in [4.78, 5) is 25.7. The van der Waals surface area contributed by atoms with Gasteiger partial charge in [-0.3, -0.25) is 9.59 Å². The van der Waals surface area contributed by atoms with Gasteiger partial charge in [0.15, 0.2) is 0 Å². The fraction of sp³-hybridized carbons (Fsp3) is 0.333. The van der Waals surface area contributed by atoms with Gasteiger partial charge in [0.05, 0.1) is 5.56 Å². The number of primary amides is 1. The second kappa shape index (κ2) is 6.54. The summed E-state index contributed by atoms with van der Waals surface area (Å²) in [5.41, 5.74) is 8.67. The third-order valence-corrected chi connectivity index (χ3v) is 5.49. The zero-order valence-electron chi connectivity index (χ0n) is 13.1. The van der Waals surface area contributed by atoms with Crippen LogP contribution in [0.3, 0.4) is 0 Å². The van der Waals surface area contributed by atoms with Crippen molar-refractivity contribution in [2.75, 3.05) is 5.32 Å². The van der Waals surface area contributed by atoms with Crippen LogP contribution in [0.4, 0.5) is 5.00 Å². The molecule has 1 aliphatic rings. The number of anilines is 1. The van der Waals surface area contributed by atoms with E-state index in [0.717, 1.165) is 36.8 Å². The van der Waals surface area contributed by atoms with E-state index in [4.69, 9.17) is 5.73 Å². The molecule has 3 N–H and O–H groups in total. The van der Waals surface area contributed by atoms with E-state index < -0.39 is 5.91 Å². The summed E-state index contributed by atoms with van der Waals surface area (Å²) >= 11 is 1.50. The average molecular weight is 328 g/mol. The van der Waals surface area contributed by atoms with Crippen LogP contribution in [0.1, 0.15) is 56.0 Å². The van der Waals surface area contributed by atoms with Crippen molar-refractivity contribution in [2.45, 2.75) is 39.0 Å². The number of fused-ring (bicyclic) bond motifs is 1. The van der Waals surface area contributed by atoms with Crippen LogP contribution in [0.2, 0.25) is 0 Å². The molecule has 0 unspecified atom stereocenters. The SMILES string of the molecule is Cc1ccccc1C(=O)Nc1sc2c(c1C(N)=O)CCCCC2. The highest BCUT2D eigenvalue weighted by molar-refractivity contribution is 7.17. The predicted molar refractivity (Wildman–Crippen MR) is 93.2 cm³/mol. The van der Waals surface area contributed by atoms with Gasteiger partial charge < -0.3 is 11.1 Å². The molecule has 120 valence electrons. The Morgan fingerprint density at radius 3 is 2.61 bits per heavy atom. The van der Waals surface area contributed by atoms with Gasteiger partial charge in [0, 0.05) is 10.4 Å². The Morgan fingerprint density at radius 2 is 1.87 bits per heavy atom. The molecule has 3 rings (SSSR count). The molecule has 0 radical (unpaired) electrons. The predicted octanol–water partition coefficient (Wildman–Crippen LogP) is 3.68. The lowest BCUT2D eigenvalue weighted by Crippen LogP contribution is -2.18. The Balaban J connectivity index is 1.95. The van der Waals surface area contributed by atoms with Crippen LogP contribution in [0, 0.1) is 6.92 Å². The maximum Gasteiger partial charge on any atom is 0.256 e. The van der Waals surface area contributed by atoms with Gasteiger partial charge in [-0.05, 0) is 49.8 Å². The summed E-state index contributed by atoms with van der Waals surface area (Å²) in [5, 5.41) is 3.50. The van der Waals surface area contributed by atoms with Crippen molar-refractivity contribution in [3.63, 3.8) is 0 Å². The summed E-state index contributed by atoms with van der Waals surface area (Å²) in [5.74, 6) is -0.647. The number of amides is 2. The van der Waals surface area contributed by atoms with E-state index in [9.17, 15) is 9.59 Å². The molecule has 1 heterocycles. The van der Waals surface area contributed by atoms with Gasteiger partial charge in [-0.2, -0.15) is 0 Å². The summed E-state index contributed by atoms with van der Waals surface area (Å²) in [6.07, 6.45) is 5.18. The van der Waals surface area contributed by atoms with Crippen molar-refractivity contribution in [1.29, 1.82) is 0 Å². The van der Waals surface area contributed by atoms with Gasteiger partial charge in [-0.25, -0.2) is 0 Å². The molecule has 2 aromatic rings. The number of hydrogen-bond acceptors (Lipinski definition) is 3. The number of thiophene rings is 1. The lowest BCUT2D eigenvalue weighted by atomic mass is 10.0. The molecule has 0 aliphatic heterocycles. The van der Waals surface area contributed by atoms with Gasteiger partial charge in [0.25, 0.3) is 11.8 Å². The molecule has 5 heteroatoms. The lowest BCUT2D eigenvalue weighted by Gasteiger charge is -2.08. The highest BCUT2D eigenvalue weighted by Crippen LogP contribution is 2.37. The Hall–Kier alpha value is -2.14. The van der Waals surface area contributed by atoms with Crippen molar-refractivity contribution in [2.24, 2.45) is 5.73 Å². The van der Waals surface area contributed by atoms with Crippen LogP contribution in [0.15, 0.2) is 24.3 Å². The zero-order chi connectivity index (χ0) is 16.4. The standard InChI is InChI=1S/C18H20N2O2S/c1-11-7-5-6-8-12(11)17(22)20-18-15(16(19)21)13-9-3-2-4-10-14(13)23-18/h5-8H,2-4,9-10H2,1H3,(H2,19,21)(H,20,22). The van der Waals surface area contributed by atoms with Crippen molar-refractivity contribution in [1.82, 2.24) is 0 Å². The Labute approximate surface area is 139 Å². The summed E-state index contributed by atoms with van der Waals surface area (Å²) in [6.45, 7) is 1.90. The third kappa shape index (κ3) is 3.15. The smallest absolute Gasteiger partial charge is 0.256 e. The van der Waals surface area contributed by atoms with Crippen molar-refractivity contribution in [3.8, 4) is 0 Å². The number of nitrogens with one attached hydrogen (secondary N) is 1. The van der Waals surface area contributed by atoms with Crippen molar-refractivity contribution < 1.29 is 9.59 Å². The molecular formula is C18H20N2O2S. The molecule has 2 amide bonds. The van der Waals surface area contributed by atoms with E-state index in [1.807, 2.05) is 25.1 Å². The maximum absolute atomic E-state index is 12.5. The first-order valence-electron chi connectivity index (χ1n) is 7.89. The first kappa shape index (κ1) is 15.7. The second-order valence-corrected chi connectivity index (χ2v) is 7.01. The lowest BCUT2D eigenvalue weighted by molar-refractivity contribution is 0.100. The summed E-state index contributed by atoms with van der Waals surface area (Å²) < 4.78 is 0. The second-order valence-electron chi connectivity index (χ2n) is 5.90. The molecular weight excluding hydrogens is 308 g/mol. The number of carbonyl (C=O) groups excluding carboxylic acids is 2. The molecule has 0 bridgehead atoms. The molecule has 0 atom stereocenters. The largest absolute Gasteiger partial charge is 0.365 e. The molecule has 23 heavy (non-hydrogen) atoms. The first-order valence-corrected chi connectivity index (χ1v) is 8.71. The van der Waals surface area contributed by atoms with Gasteiger partial charge in [0.2, 0.25) is 0 Å². The van der Waals surface area contributed by atoms with E-state index in [1.54, 1.807) is 6.07 Å². The van der Waals surface area contributed by atoms with Gasteiger partial charge in [-0.15, -0.1) is 11.3 Å². The maximum atomic E-state index is 12.5. The van der Waals surface area contributed by atoms with Crippen LogP contribution in [0.5, 0.6) is 0 Å². The number of benzene rings is 1. The Kier molecular flexibility index (Phi) is 4.48. The number of aryl methyl sites for hydroxylation is 2. The van der Waals surface area contributed by atoms with Gasteiger partial charge in [0.1, 0.15) is 5.00 Å². The van der Waals surface area contributed by atoms with E-state index in [-0.39, 0.29) is 5.91 Å². The van der Waals surface area contributed by atoms with Crippen LogP contribution < -0.4 is 11.1 Å². The third-order valence-electron chi connectivity index (χ3n) is 4.28. The molecule has 4 nitrogen and oxygen atoms in total. The summed E-state index contributed by atoms with van der Waals surface area (Å²) in [6, 6.07) is 7.41.